The number of piperidine rings is 1. The summed E-state index contributed by atoms with van der Waals surface area (Å²) in [4.78, 5) is 15.3. The fraction of sp³-hybridized carbons (Fsp3) is 0.786. The van der Waals surface area contributed by atoms with E-state index in [0.29, 0.717) is 6.04 Å². The van der Waals surface area contributed by atoms with E-state index in [-0.39, 0.29) is 6.03 Å². The summed E-state index contributed by atoms with van der Waals surface area (Å²) in [6.45, 7) is 2.76. The van der Waals surface area contributed by atoms with Gasteiger partial charge in [-0.15, -0.1) is 12.3 Å². The van der Waals surface area contributed by atoms with Crippen LogP contribution in [0.5, 0.6) is 0 Å². The molecular formula is C14H25N3O. The molecule has 0 spiro atoms. The summed E-state index contributed by atoms with van der Waals surface area (Å²) in [5.74, 6) is 2.66. The Morgan fingerprint density at radius 1 is 1.39 bits per heavy atom. The van der Waals surface area contributed by atoms with E-state index in [9.17, 15) is 4.79 Å². The van der Waals surface area contributed by atoms with Gasteiger partial charge in [-0.1, -0.05) is 0 Å². The summed E-state index contributed by atoms with van der Waals surface area (Å²) in [5.41, 5.74) is 0. The lowest BCUT2D eigenvalue weighted by atomic mass is 10.1. The van der Waals surface area contributed by atoms with E-state index in [1.807, 2.05) is 4.90 Å². The number of hydrogen-bond acceptors (Lipinski definition) is 2. The van der Waals surface area contributed by atoms with Crippen molar-refractivity contribution in [2.75, 3.05) is 33.7 Å². The third kappa shape index (κ3) is 4.97. The Bertz CT molecular complexity index is 288. The van der Waals surface area contributed by atoms with Crippen LogP contribution in [0.2, 0.25) is 0 Å². The third-order valence-electron chi connectivity index (χ3n) is 3.33. The van der Waals surface area contributed by atoms with Crippen molar-refractivity contribution in [1.29, 1.82) is 0 Å². The Balaban J connectivity index is 2.12. The van der Waals surface area contributed by atoms with Crippen molar-refractivity contribution in [3.05, 3.63) is 0 Å². The Hall–Kier alpha value is -1.21. The van der Waals surface area contributed by atoms with Crippen LogP contribution in [0.1, 0.15) is 32.1 Å². The molecule has 0 radical (unpaired) electrons. The topological polar surface area (TPSA) is 35.6 Å². The SMILES string of the molecule is C#CCCCCNC1CCN(C(=O)N(C)C)CC1. The van der Waals surface area contributed by atoms with Crippen LogP contribution in [-0.4, -0.2) is 55.6 Å². The second kappa shape index (κ2) is 7.99. The number of unbranched alkanes of at least 4 members (excludes halogenated alkanes) is 2. The molecule has 2 amide bonds. The fourth-order valence-corrected chi connectivity index (χ4v) is 2.22. The number of nitrogens with one attached hydrogen (secondary N) is 1. The molecule has 1 heterocycles. The third-order valence-corrected chi connectivity index (χ3v) is 3.33. The number of likely N-dealkylation sites (tertiary alicyclic amines) is 1. The Morgan fingerprint density at radius 3 is 2.61 bits per heavy atom. The van der Waals surface area contributed by atoms with Crippen LogP contribution in [0.25, 0.3) is 0 Å². The first-order chi connectivity index (χ1) is 8.65. The van der Waals surface area contributed by atoms with E-state index in [1.54, 1.807) is 19.0 Å². The predicted octanol–water partition coefficient (Wildman–Crippen LogP) is 1.53. The van der Waals surface area contributed by atoms with E-state index < -0.39 is 0 Å². The number of carbonyl (C=O) groups is 1. The molecule has 1 N–H and O–H groups in total. The van der Waals surface area contributed by atoms with Gasteiger partial charge in [0, 0.05) is 39.6 Å². The highest BCUT2D eigenvalue weighted by Crippen LogP contribution is 2.11. The molecule has 4 nitrogen and oxygen atoms in total. The van der Waals surface area contributed by atoms with Crippen molar-refractivity contribution in [1.82, 2.24) is 15.1 Å². The number of carbonyl (C=O) groups excluding carboxylic acids is 1. The monoisotopic (exact) mass is 251 g/mol. The van der Waals surface area contributed by atoms with E-state index in [2.05, 4.69) is 11.2 Å². The molecular weight excluding hydrogens is 226 g/mol. The van der Waals surface area contributed by atoms with Crippen LogP contribution in [-0.2, 0) is 0 Å². The maximum absolute atomic E-state index is 11.7. The Morgan fingerprint density at radius 2 is 2.06 bits per heavy atom. The Labute approximate surface area is 111 Å². The lowest BCUT2D eigenvalue weighted by molar-refractivity contribution is 0.152. The van der Waals surface area contributed by atoms with E-state index in [0.717, 1.165) is 51.7 Å². The van der Waals surface area contributed by atoms with Crippen LogP contribution < -0.4 is 5.32 Å². The highest BCUT2D eigenvalue weighted by atomic mass is 16.2. The average Bonchev–Trinajstić information content (AvgIpc) is 2.38. The van der Waals surface area contributed by atoms with Crippen molar-refractivity contribution in [2.45, 2.75) is 38.1 Å². The van der Waals surface area contributed by atoms with Gasteiger partial charge < -0.3 is 15.1 Å². The molecule has 4 heteroatoms. The van der Waals surface area contributed by atoms with Crippen LogP contribution in [0.4, 0.5) is 4.79 Å². The van der Waals surface area contributed by atoms with Crippen LogP contribution in [0, 0.1) is 12.3 Å². The molecule has 0 aromatic heterocycles. The molecule has 0 bridgehead atoms. The summed E-state index contributed by atoms with van der Waals surface area (Å²) >= 11 is 0. The van der Waals surface area contributed by atoms with Gasteiger partial charge in [-0.3, -0.25) is 0 Å². The van der Waals surface area contributed by atoms with Crippen LogP contribution in [0.15, 0.2) is 0 Å². The molecule has 0 saturated carbocycles. The van der Waals surface area contributed by atoms with E-state index >= 15 is 0 Å². The molecule has 0 atom stereocenters. The van der Waals surface area contributed by atoms with Gasteiger partial charge in [-0.2, -0.15) is 0 Å². The van der Waals surface area contributed by atoms with Gasteiger partial charge in [0.15, 0.2) is 0 Å². The summed E-state index contributed by atoms with van der Waals surface area (Å²) in [6.07, 6.45) is 10.4. The van der Waals surface area contributed by atoms with Gasteiger partial charge in [-0.25, -0.2) is 4.79 Å². The normalized spacial score (nSPS) is 16.4. The molecule has 0 aliphatic carbocycles. The molecule has 1 aliphatic rings. The molecule has 0 aromatic carbocycles. The van der Waals surface area contributed by atoms with Crippen molar-refractivity contribution >= 4 is 6.03 Å². The number of terminal acetylenes is 1. The zero-order valence-corrected chi connectivity index (χ0v) is 11.6. The number of hydrogen-bond donors (Lipinski definition) is 1. The smallest absolute Gasteiger partial charge is 0.319 e. The average molecular weight is 251 g/mol. The summed E-state index contributed by atoms with van der Waals surface area (Å²) in [6, 6.07) is 0.685. The first-order valence-electron chi connectivity index (χ1n) is 6.78. The molecule has 102 valence electrons. The first kappa shape index (κ1) is 14.8. The van der Waals surface area contributed by atoms with Gasteiger partial charge in [0.2, 0.25) is 0 Å². The second-order valence-corrected chi connectivity index (χ2v) is 5.05. The number of urea groups is 1. The zero-order valence-electron chi connectivity index (χ0n) is 11.6. The van der Waals surface area contributed by atoms with Gasteiger partial charge in [0.1, 0.15) is 0 Å². The molecule has 1 aliphatic heterocycles. The van der Waals surface area contributed by atoms with Crippen LogP contribution in [0.3, 0.4) is 0 Å². The molecule has 0 unspecified atom stereocenters. The van der Waals surface area contributed by atoms with E-state index in [1.165, 1.54) is 0 Å². The second-order valence-electron chi connectivity index (χ2n) is 5.05. The van der Waals surface area contributed by atoms with E-state index in [4.69, 9.17) is 6.42 Å². The van der Waals surface area contributed by atoms with Crippen molar-refractivity contribution in [2.24, 2.45) is 0 Å². The number of amides is 2. The Kier molecular flexibility index (Phi) is 6.59. The highest BCUT2D eigenvalue weighted by Gasteiger charge is 2.22. The molecule has 1 fully saturated rings. The number of nitrogens with zero attached hydrogens (tertiary/aromatic N) is 2. The maximum atomic E-state index is 11.7. The highest BCUT2D eigenvalue weighted by molar-refractivity contribution is 5.73. The summed E-state index contributed by atoms with van der Waals surface area (Å²) in [5, 5.41) is 3.55. The van der Waals surface area contributed by atoms with Crippen molar-refractivity contribution < 1.29 is 4.79 Å². The lowest BCUT2D eigenvalue weighted by Gasteiger charge is -2.34. The minimum atomic E-state index is 0.127. The lowest BCUT2D eigenvalue weighted by Crippen LogP contribution is -2.48. The summed E-state index contributed by atoms with van der Waals surface area (Å²) < 4.78 is 0. The van der Waals surface area contributed by atoms with Crippen molar-refractivity contribution in [3.63, 3.8) is 0 Å². The van der Waals surface area contributed by atoms with Gasteiger partial charge in [0.05, 0.1) is 0 Å². The minimum Gasteiger partial charge on any atom is -0.331 e. The zero-order chi connectivity index (χ0) is 13.4. The summed E-state index contributed by atoms with van der Waals surface area (Å²) in [7, 11) is 3.61. The van der Waals surface area contributed by atoms with Crippen molar-refractivity contribution in [3.8, 4) is 12.3 Å². The minimum absolute atomic E-state index is 0.127. The largest absolute Gasteiger partial charge is 0.331 e. The molecule has 1 rings (SSSR count). The van der Waals surface area contributed by atoms with Gasteiger partial charge in [-0.05, 0) is 32.2 Å². The number of rotatable bonds is 5. The first-order valence-corrected chi connectivity index (χ1v) is 6.78. The fourth-order valence-electron chi connectivity index (χ4n) is 2.22. The molecule has 1 saturated heterocycles. The molecule has 0 aromatic rings. The quantitative estimate of drug-likeness (QED) is 0.594. The standard InChI is InChI=1S/C14H25N3O/c1-4-5-6-7-10-15-13-8-11-17(12-9-13)14(18)16(2)3/h1,13,15H,5-12H2,2-3H3. The predicted molar refractivity (Wildman–Crippen MR) is 74.4 cm³/mol. The molecule has 18 heavy (non-hydrogen) atoms. The van der Waals surface area contributed by atoms with Gasteiger partial charge in [0.25, 0.3) is 0 Å². The van der Waals surface area contributed by atoms with Gasteiger partial charge >= 0.3 is 6.03 Å². The maximum Gasteiger partial charge on any atom is 0.319 e. The van der Waals surface area contributed by atoms with Crippen LogP contribution >= 0.6 is 0 Å².